The molecule has 0 atom stereocenters. The van der Waals surface area contributed by atoms with Crippen LogP contribution in [0.2, 0.25) is 0 Å². The molecule has 0 aliphatic heterocycles. The van der Waals surface area contributed by atoms with Crippen molar-refractivity contribution < 1.29 is 9.47 Å². The van der Waals surface area contributed by atoms with Crippen LogP contribution < -0.4 is 15.2 Å². The maximum absolute atomic E-state index is 5.78. The molecule has 1 aromatic rings. The van der Waals surface area contributed by atoms with Crippen molar-refractivity contribution in [2.45, 2.75) is 13.3 Å². The van der Waals surface area contributed by atoms with Gasteiger partial charge in [-0.1, -0.05) is 13.0 Å². The van der Waals surface area contributed by atoms with E-state index < -0.39 is 0 Å². The van der Waals surface area contributed by atoms with E-state index in [2.05, 4.69) is 6.92 Å². The van der Waals surface area contributed by atoms with Crippen molar-refractivity contribution in [2.75, 3.05) is 31.8 Å². The van der Waals surface area contributed by atoms with Crippen LogP contribution in [0.3, 0.4) is 0 Å². The number of hydrogen-bond acceptors (Lipinski definition) is 4. The van der Waals surface area contributed by atoms with Crippen molar-refractivity contribution in [3.63, 3.8) is 0 Å². The molecule has 0 saturated heterocycles. The van der Waals surface area contributed by atoms with Crippen molar-refractivity contribution in [3.05, 3.63) is 23.8 Å². The van der Waals surface area contributed by atoms with Gasteiger partial charge in [0.25, 0.3) is 0 Å². The van der Waals surface area contributed by atoms with E-state index in [1.165, 1.54) is 0 Å². The van der Waals surface area contributed by atoms with E-state index in [0.29, 0.717) is 6.54 Å². The molecular weight excluding hydrogens is 234 g/mol. The maximum Gasteiger partial charge on any atom is 0.126 e. The topological polar surface area (TPSA) is 44.5 Å². The fraction of sp³-hybridized carbons (Fsp3) is 0.538. The monoisotopic (exact) mass is 255 g/mol. The van der Waals surface area contributed by atoms with E-state index in [4.69, 9.17) is 15.2 Å². The molecule has 17 heavy (non-hydrogen) atoms. The van der Waals surface area contributed by atoms with Gasteiger partial charge in [0.05, 0.1) is 13.7 Å². The fourth-order valence-corrected chi connectivity index (χ4v) is 2.00. The lowest BCUT2D eigenvalue weighted by atomic mass is 10.1. The summed E-state index contributed by atoms with van der Waals surface area (Å²) in [5, 5.41) is 0. The third kappa shape index (κ3) is 4.88. The number of benzene rings is 1. The third-order valence-corrected chi connectivity index (χ3v) is 3.24. The Morgan fingerprint density at radius 1 is 1.35 bits per heavy atom. The molecule has 1 rings (SSSR count). The first-order chi connectivity index (χ1) is 8.31. The van der Waals surface area contributed by atoms with Crippen molar-refractivity contribution in [2.24, 2.45) is 5.73 Å². The standard InChI is InChI=1S/C13H21NO2S/c1-3-17-9-8-16-13-10-12(15-2)5-4-11(13)6-7-14/h4-5,10H,3,6-9,14H2,1-2H3. The minimum atomic E-state index is 0.631. The van der Waals surface area contributed by atoms with E-state index in [1.807, 2.05) is 30.0 Å². The van der Waals surface area contributed by atoms with Gasteiger partial charge in [-0.25, -0.2) is 0 Å². The lowest BCUT2D eigenvalue weighted by molar-refractivity contribution is 0.336. The van der Waals surface area contributed by atoms with Crippen molar-refractivity contribution in [1.29, 1.82) is 0 Å². The second kappa shape index (κ2) is 8.25. The molecule has 0 fully saturated rings. The molecule has 96 valence electrons. The Balaban J connectivity index is 2.64. The molecule has 0 unspecified atom stereocenters. The van der Waals surface area contributed by atoms with Crippen LogP contribution in [0.4, 0.5) is 0 Å². The van der Waals surface area contributed by atoms with Crippen LogP contribution in [0.15, 0.2) is 18.2 Å². The van der Waals surface area contributed by atoms with Gasteiger partial charge in [-0.05, 0) is 30.3 Å². The van der Waals surface area contributed by atoms with Gasteiger partial charge >= 0.3 is 0 Å². The van der Waals surface area contributed by atoms with E-state index in [9.17, 15) is 0 Å². The number of methoxy groups -OCH3 is 1. The second-order valence-corrected chi connectivity index (χ2v) is 4.95. The van der Waals surface area contributed by atoms with Gasteiger partial charge in [-0.3, -0.25) is 0 Å². The van der Waals surface area contributed by atoms with Crippen molar-refractivity contribution in [1.82, 2.24) is 0 Å². The molecule has 0 aromatic heterocycles. The molecule has 0 saturated carbocycles. The van der Waals surface area contributed by atoms with E-state index in [1.54, 1.807) is 7.11 Å². The van der Waals surface area contributed by atoms with Crippen LogP contribution in [-0.2, 0) is 6.42 Å². The average Bonchev–Trinajstić information content (AvgIpc) is 2.36. The summed E-state index contributed by atoms with van der Waals surface area (Å²) >= 11 is 1.88. The van der Waals surface area contributed by atoms with Crippen LogP contribution in [0, 0.1) is 0 Å². The minimum absolute atomic E-state index is 0.631. The zero-order valence-electron chi connectivity index (χ0n) is 10.6. The van der Waals surface area contributed by atoms with Crippen LogP contribution in [0.1, 0.15) is 12.5 Å². The summed E-state index contributed by atoms with van der Waals surface area (Å²) in [5.74, 6) is 3.85. The first-order valence-electron chi connectivity index (χ1n) is 5.89. The maximum atomic E-state index is 5.78. The van der Waals surface area contributed by atoms with Crippen molar-refractivity contribution >= 4 is 11.8 Å². The SMILES string of the molecule is CCSCCOc1cc(OC)ccc1CCN. The lowest BCUT2D eigenvalue weighted by Crippen LogP contribution is -2.07. The molecule has 3 nitrogen and oxygen atoms in total. The quantitative estimate of drug-likeness (QED) is 0.724. The number of nitrogens with two attached hydrogens (primary N) is 1. The second-order valence-electron chi connectivity index (χ2n) is 3.56. The molecule has 0 bridgehead atoms. The Labute approximate surface area is 108 Å². The lowest BCUT2D eigenvalue weighted by Gasteiger charge is -2.12. The fourth-order valence-electron chi connectivity index (χ4n) is 1.51. The highest BCUT2D eigenvalue weighted by Gasteiger charge is 2.05. The van der Waals surface area contributed by atoms with Gasteiger partial charge in [0.2, 0.25) is 0 Å². The molecule has 0 radical (unpaired) electrons. The predicted octanol–water partition coefficient (Wildman–Crippen LogP) is 2.33. The highest BCUT2D eigenvalue weighted by Crippen LogP contribution is 2.25. The molecule has 2 N–H and O–H groups in total. The molecule has 0 spiro atoms. The summed E-state index contributed by atoms with van der Waals surface area (Å²) in [7, 11) is 1.66. The van der Waals surface area contributed by atoms with Crippen LogP contribution >= 0.6 is 11.8 Å². The summed E-state index contributed by atoms with van der Waals surface area (Å²) in [4.78, 5) is 0. The average molecular weight is 255 g/mol. The van der Waals surface area contributed by atoms with Gasteiger partial charge in [0.1, 0.15) is 11.5 Å². The Kier molecular flexibility index (Phi) is 6.89. The number of rotatable bonds is 8. The zero-order valence-corrected chi connectivity index (χ0v) is 11.4. The zero-order chi connectivity index (χ0) is 12.5. The molecule has 0 aliphatic carbocycles. The summed E-state index contributed by atoms with van der Waals surface area (Å²) in [5.41, 5.74) is 6.73. The molecular formula is C13H21NO2S. The van der Waals surface area contributed by atoms with Crippen LogP contribution in [0.25, 0.3) is 0 Å². The summed E-state index contributed by atoms with van der Waals surface area (Å²) in [6, 6.07) is 5.90. The first-order valence-corrected chi connectivity index (χ1v) is 7.04. The van der Waals surface area contributed by atoms with Crippen LogP contribution in [-0.4, -0.2) is 31.8 Å². The van der Waals surface area contributed by atoms with Crippen LogP contribution in [0.5, 0.6) is 11.5 Å². The van der Waals surface area contributed by atoms with Gasteiger partial charge in [0, 0.05) is 11.8 Å². The number of ether oxygens (including phenoxy) is 2. The Morgan fingerprint density at radius 3 is 2.82 bits per heavy atom. The third-order valence-electron chi connectivity index (χ3n) is 2.38. The molecule has 4 heteroatoms. The van der Waals surface area contributed by atoms with Gasteiger partial charge < -0.3 is 15.2 Å². The number of hydrogen-bond donors (Lipinski definition) is 1. The highest BCUT2D eigenvalue weighted by molar-refractivity contribution is 7.99. The Morgan fingerprint density at radius 2 is 2.18 bits per heavy atom. The van der Waals surface area contributed by atoms with Gasteiger partial charge in [-0.15, -0.1) is 0 Å². The summed E-state index contributed by atoms with van der Waals surface area (Å²) in [6.45, 7) is 3.51. The van der Waals surface area contributed by atoms with E-state index in [-0.39, 0.29) is 0 Å². The van der Waals surface area contributed by atoms with E-state index >= 15 is 0 Å². The molecule has 0 heterocycles. The van der Waals surface area contributed by atoms with Crippen molar-refractivity contribution in [3.8, 4) is 11.5 Å². The van der Waals surface area contributed by atoms with Gasteiger partial charge in [0.15, 0.2) is 0 Å². The molecule has 0 aliphatic rings. The largest absolute Gasteiger partial charge is 0.497 e. The number of thioether (sulfide) groups is 1. The van der Waals surface area contributed by atoms with Gasteiger partial charge in [-0.2, -0.15) is 11.8 Å². The molecule has 0 amide bonds. The van der Waals surface area contributed by atoms with E-state index in [0.717, 1.165) is 41.6 Å². The smallest absolute Gasteiger partial charge is 0.126 e. The molecule has 1 aromatic carbocycles. The highest BCUT2D eigenvalue weighted by atomic mass is 32.2. The minimum Gasteiger partial charge on any atom is -0.497 e. The summed E-state index contributed by atoms with van der Waals surface area (Å²) < 4.78 is 11.0. The Bertz CT molecular complexity index is 331. The summed E-state index contributed by atoms with van der Waals surface area (Å²) in [6.07, 6.45) is 0.834. The predicted molar refractivity (Wildman–Crippen MR) is 74.2 cm³/mol. The first kappa shape index (κ1) is 14.2. The Hall–Kier alpha value is -0.870. The normalized spacial score (nSPS) is 10.3.